The molecule has 0 aliphatic carbocycles. The lowest BCUT2D eigenvalue weighted by Gasteiger charge is -2.34. The molecule has 0 spiro atoms. The molecule has 10 heteroatoms. The van der Waals surface area contributed by atoms with Crippen LogP contribution in [0.3, 0.4) is 0 Å². The first kappa shape index (κ1) is 21.4. The Bertz CT molecular complexity index is 837. The predicted molar refractivity (Wildman–Crippen MR) is 102 cm³/mol. The van der Waals surface area contributed by atoms with E-state index in [1.165, 1.54) is 27.6 Å². The van der Waals surface area contributed by atoms with E-state index in [4.69, 9.17) is 21.2 Å². The molecule has 0 radical (unpaired) electrons. The molecular weight excluding hydrogens is 411 g/mol. The molecular formula is C18H24ClFN2O5S. The number of carbonyl (C=O) groups is 1. The van der Waals surface area contributed by atoms with Gasteiger partial charge in [-0.05, 0) is 37.5 Å². The Labute approximate surface area is 169 Å². The molecule has 0 N–H and O–H groups in total. The van der Waals surface area contributed by atoms with Gasteiger partial charge in [-0.1, -0.05) is 17.7 Å². The van der Waals surface area contributed by atoms with Gasteiger partial charge in [-0.15, -0.1) is 0 Å². The van der Waals surface area contributed by atoms with Gasteiger partial charge in [0, 0.05) is 20.1 Å². The minimum atomic E-state index is -3.77. The number of piperidine rings is 1. The van der Waals surface area contributed by atoms with Crippen LogP contribution in [-0.2, 0) is 24.4 Å². The lowest BCUT2D eigenvalue weighted by Crippen LogP contribution is -2.48. The predicted octanol–water partition coefficient (Wildman–Crippen LogP) is 2.37. The highest BCUT2D eigenvalue weighted by molar-refractivity contribution is 7.89. The third-order valence-corrected chi connectivity index (χ3v) is 7.72. The molecule has 28 heavy (non-hydrogen) atoms. The molecule has 0 aromatic heterocycles. The normalized spacial score (nSPS) is 27.1. The van der Waals surface area contributed by atoms with Crippen molar-refractivity contribution < 1.29 is 27.2 Å². The van der Waals surface area contributed by atoms with Crippen LogP contribution in [0.25, 0.3) is 0 Å². The van der Waals surface area contributed by atoms with Crippen LogP contribution in [0.1, 0.15) is 31.4 Å². The van der Waals surface area contributed by atoms with Crippen molar-refractivity contribution in [2.24, 2.45) is 5.92 Å². The second-order valence-electron chi connectivity index (χ2n) is 6.99. The molecule has 2 fully saturated rings. The summed E-state index contributed by atoms with van der Waals surface area (Å²) < 4.78 is 46.7. The minimum Gasteiger partial charge on any atom is -0.466 e. The van der Waals surface area contributed by atoms with Crippen LogP contribution in [0.4, 0.5) is 4.39 Å². The van der Waals surface area contributed by atoms with Gasteiger partial charge in [-0.3, -0.25) is 9.63 Å². The fraction of sp³-hybridized carbons (Fsp3) is 0.611. The Morgan fingerprint density at radius 3 is 2.86 bits per heavy atom. The van der Waals surface area contributed by atoms with Crippen molar-refractivity contribution in [3.63, 3.8) is 0 Å². The molecule has 3 rings (SSSR count). The van der Waals surface area contributed by atoms with E-state index in [9.17, 15) is 17.6 Å². The zero-order valence-corrected chi connectivity index (χ0v) is 17.4. The van der Waals surface area contributed by atoms with Crippen LogP contribution in [-0.4, -0.2) is 62.4 Å². The topological polar surface area (TPSA) is 76.1 Å². The van der Waals surface area contributed by atoms with Crippen molar-refractivity contribution in [1.29, 1.82) is 0 Å². The summed E-state index contributed by atoms with van der Waals surface area (Å²) in [5, 5.41) is 0.493. The number of hydroxylamine groups is 2. The van der Waals surface area contributed by atoms with E-state index in [-0.39, 0.29) is 30.8 Å². The van der Waals surface area contributed by atoms with Gasteiger partial charge in [0.05, 0.1) is 30.2 Å². The largest absolute Gasteiger partial charge is 0.466 e. The first-order valence-corrected chi connectivity index (χ1v) is 11.1. The van der Waals surface area contributed by atoms with Gasteiger partial charge in [0.2, 0.25) is 10.0 Å². The quantitative estimate of drug-likeness (QED) is 0.662. The van der Waals surface area contributed by atoms with E-state index < -0.39 is 33.1 Å². The molecule has 156 valence electrons. The molecule has 2 aliphatic heterocycles. The van der Waals surface area contributed by atoms with Gasteiger partial charge in [-0.25, -0.2) is 17.1 Å². The lowest BCUT2D eigenvalue weighted by atomic mass is 10.0. The summed E-state index contributed by atoms with van der Waals surface area (Å²) in [7, 11) is -2.14. The van der Waals surface area contributed by atoms with Crippen LogP contribution in [0.2, 0.25) is 5.02 Å². The Morgan fingerprint density at radius 1 is 1.43 bits per heavy atom. The van der Waals surface area contributed by atoms with E-state index in [1.807, 2.05) is 0 Å². The third kappa shape index (κ3) is 4.18. The maximum absolute atomic E-state index is 13.5. The zero-order valence-electron chi connectivity index (χ0n) is 15.8. The fourth-order valence-electron chi connectivity index (χ4n) is 3.78. The molecule has 2 saturated heterocycles. The number of ether oxygens (including phenoxy) is 1. The van der Waals surface area contributed by atoms with E-state index in [0.717, 1.165) is 0 Å². The van der Waals surface area contributed by atoms with Crippen molar-refractivity contribution in [3.8, 4) is 0 Å². The van der Waals surface area contributed by atoms with E-state index in [0.29, 0.717) is 24.9 Å². The highest BCUT2D eigenvalue weighted by Crippen LogP contribution is 2.37. The Kier molecular flexibility index (Phi) is 6.61. The van der Waals surface area contributed by atoms with Crippen LogP contribution in [0.15, 0.2) is 18.2 Å². The Hall–Kier alpha value is -1.26. The average molecular weight is 435 g/mol. The van der Waals surface area contributed by atoms with Gasteiger partial charge in [0.1, 0.15) is 11.1 Å². The number of hydrogen-bond donors (Lipinski definition) is 0. The van der Waals surface area contributed by atoms with E-state index >= 15 is 0 Å². The maximum Gasteiger partial charge on any atom is 0.310 e. The Morgan fingerprint density at radius 2 is 2.18 bits per heavy atom. The summed E-state index contributed by atoms with van der Waals surface area (Å²) >= 11 is 5.89. The van der Waals surface area contributed by atoms with Gasteiger partial charge in [-0.2, -0.15) is 5.06 Å². The molecule has 2 heterocycles. The summed E-state index contributed by atoms with van der Waals surface area (Å²) in [6.07, 6.45) is 1.18. The van der Waals surface area contributed by atoms with Crippen molar-refractivity contribution in [2.75, 3.05) is 33.4 Å². The van der Waals surface area contributed by atoms with Crippen molar-refractivity contribution in [2.45, 2.75) is 31.1 Å². The smallest absolute Gasteiger partial charge is 0.310 e. The molecule has 0 bridgehead atoms. The number of halogens is 2. The van der Waals surface area contributed by atoms with Crippen LogP contribution in [0, 0.1) is 11.7 Å². The summed E-state index contributed by atoms with van der Waals surface area (Å²) in [6, 6.07) is 3.51. The number of sulfonamides is 1. The van der Waals surface area contributed by atoms with Gasteiger partial charge >= 0.3 is 5.97 Å². The first-order chi connectivity index (χ1) is 13.3. The standard InChI is InChI=1S/C18H24ClFN2O5S/c1-3-26-18(23)13-5-4-8-22(10-13)28(24,25)16-11-27-21(2)17(16)12-6-7-15(20)14(19)9-12/h6-7,9,13,16-17H,3-5,8,10-11H2,1-2H3/t13-,16+,17-/m1/s1. The molecule has 0 unspecified atom stereocenters. The molecule has 7 nitrogen and oxygen atoms in total. The third-order valence-electron chi connectivity index (χ3n) is 5.22. The summed E-state index contributed by atoms with van der Waals surface area (Å²) in [4.78, 5) is 17.6. The average Bonchev–Trinajstić information content (AvgIpc) is 3.06. The summed E-state index contributed by atoms with van der Waals surface area (Å²) in [6.45, 7) is 2.39. The van der Waals surface area contributed by atoms with Crippen molar-refractivity contribution >= 4 is 27.6 Å². The first-order valence-electron chi connectivity index (χ1n) is 9.22. The van der Waals surface area contributed by atoms with E-state index in [2.05, 4.69) is 0 Å². The second kappa shape index (κ2) is 8.62. The SMILES string of the molecule is CCOC(=O)[C@@H]1CCCN(S(=O)(=O)[C@H]2CON(C)[C@@H]2c2ccc(F)c(Cl)c2)C1. The molecule has 1 aromatic carbocycles. The number of benzene rings is 1. The number of hydrogen-bond acceptors (Lipinski definition) is 6. The Balaban J connectivity index is 1.85. The van der Waals surface area contributed by atoms with E-state index in [1.54, 1.807) is 14.0 Å². The zero-order chi connectivity index (χ0) is 20.5. The number of nitrogens with zero attached hydrogens (tertiary/aromatic N) is 2. The monoisotopic (exact) mass is 434 g/mol. The number of esters is 1. The molecule has 1 aromatic rings. The lowest BCUT2D eigenvalue weighted by molar-refractivity contribution is -0.149. The van der Waals surface area contributed by atoms with Crippen LogP contribution < -0.4 is 0 Å². The number of rotatable bonds is 5. The second-order valence-corrected chi connectivity index (χ2v) is 9.55. The van der Waals surface area contributed by atoms with Crippen molar-refractivity contribution in [1.82, 2.24) is 9.37 Å². The summed E-state index contributed by atoms with van der Waals surface area (Å²) in [5.41, 5.74) is 0.555. The fourth-order valence-corrected chi connectivity index (χ4v) is 6.01. The molecule has 3 atom stereocenters. The summed E-state index contributed by atoms with van der Waals surface area (Å²) in [5.74, 6) is -1.41. The van der Waals surface area contributed by atoms with Gasteiger partial charge < -0.3 is 4.74 Å². The molecule has 0 amide bonds. The van der Waals surface area contributed by atoms with Crippen molar-refractivity contribution in [3.05, 3.63) is 34.6 Å². The van der Waals surface area contributed by atoms with Crippen LogP contribution in [0.5, 0.6) is 0 Å². The van der Waals surface area contributed by atoms with Crippen LogP contribution >= 0.6 is 11.6 Å². The number of carbonyl (C=O) groups excluding carboxylic acids is 1. The highest BCUT2D eigenvalue weighted by atomic mass is 35.5. The molecule has 2 aliphatic rings. The molecule has 0 saturated carbocycles. The minimum absolute atomic E-state index is 0.0287. The highest BCUT2D eigenvalue weighted by Gasteiger charge is 2.47. The van der Waals surface area contributed by atoms with Gasteiger partial charge in [0.25, 0.3) is 0 Å². The van der Waals surface area contributed by atoms with Gasteiger partial charge in [0.15, 0.2) is 0 Å². The maximum atomic E-state index is 13.5.